The molecule has 1 rings (SSSR count). The maximum Gasteiger partial charge on any atom is 0.251 e. The molecule has 0 saturated carbocycles. The lowest BCUT2D eigenvalue weighted by Gasteiger charge is -2.12. The summed E-state index contributed by atoms with van der Waals surface area (Å²) in [5, 5.41) is 5.15. The molecule has 0 fully saturated rings. The highest BCUT2D eigenvalue weighted by atomic mass is 32.2. The minimum atomic E-state index is -3.60. The maximum absolute atomic E-state index is 12.1. The molecule has 0 unspecified atom stereocenters. The third-order valence-corrected chi connectivity index (χ3v) is 4.86. The van der Waals surface area contributed by atoms with Crippen molar-refractivity contribution < 1.29 is 18.0 Å². The van der Waals surface area contributed by atoms with Gasteiger partial charge in [0.2, 0.25) is 15.9 Å². The van der Waals surface area contributed by atoms with Crippen molar-refractivity contribution in [3.05, 3.63) is 29.8 Å². The van der Waals surface area contributed by atoms with Crippen molar-refractivity contribution in [3.8, 4) is 0 Å². The number of nitrogens with one attached hydrogen (secondary N) is 3. The van der Waals surface area contributed by atoms with E-state index in [1.165, 1.54) is 24.3 Å². The molecule has 3 N–H and O–H groups in total. The Labute approximate surface area is 143 Å². The van der Waals surface area contributed by atoms with Crippen LogP contribution in [0.4, 0.5) is 0 Å². The minimum Gasteiger partial charge on any atom is -0.352 e. The van der Waals surface area contributed by atoms with Gasteiger partial charge in [-0.1, -0.05) is 6.92 Å². The fourth-order valence-corrected chi connectivity index (χ4v) is 3.16. The summed E-state index contributed by atoms with van der Waals surface area (Å²) < 4.78 is 26.8. The molecule has 0 saturated heterocycles. The van der Waals surface area contributed by atoms with Gasteiger partial charge in [0.15, 0.2) is 0 Å². The topological polar surface area (TPSA) is 104 Å². The lowest BCUT2D eigenvalue weighted by Crippen LogP contribution is -2.39. The zero-order valence-corrected chi connectivity index (χ0v) is 15.2. The normalized spacial score (nSPS) is 12.7. The van der Waals surface area contributed by atoms with E-state index < -0.39 is 15.9 Å². The molecule has 0 bridgehead atoms. The van der Waals surface area contributed by atoms with E-state index in [2.05, 4.69) is 15.4 Å². The lowest BCUT2D eigenvalue weighted by molar-refractivity contribution is -0.120. The largest absolute Gasteiger partial charge is 0.352 e. The highest BCUT2D eigenvalue weighted by Gasteiger charge is 2.17. The van der Waals surface area contributed by atoms with Crippen LogP contribution in [0.2, 0.25) is 0 Å². The number of benzene rings is 1. The fourth-order valence-electron chi connectivity index (χ4n) is 1.84. The highest BCUT2D eigenvalue weighted by Crippen LogP contribution is 2.11. The number of carbonyl (C=O) groups excluding carboxylic acids is 2. The van der Waals surface area contributed by atoms with Crippen LogP contribution >= 0.6 is 0 Å². The van der Waals surface area contributed by atoms with Crippen LogP contribution in [0.5, 0.6) is 0 Å². The first-order valence-corrected chi connectivity index (χ1v) is 9.34. The molecule has 134 valence electrons. The molecule has 0 heterocycles. The van der Waals surface area contributed by atoms with Crippen LogP contribution in [-0.4, -0.2) is 38.9 Å². The Kier molecular flexibility index (Phi) is 7.37. The molecule has 1 aromatic rings. The second-order valence-electron chi connectivity index (χ2n) is 5.86. The highest BCUT2D eigenvalue weighted by molar-refractivity contribution is 7.89. The average molecular weight is 355 g/mol. The first-order chi connectivity index (χ1) is 11.2. The molecule has 1 atom stereocenters. The zero-order chi connectivity index (χ0) is 18.3. The van der Waals surface area contributed by atoms with Crippen LogP contribution in [0.3, 0.4) is 0 Å². The third kappa shape index (κ3) is 6.29. The predicted molar refractivity (Wildman–Crippen MR) is 92.1 cm³/mol. The van der Waals surface area contributed by atoms with Crippen LogP contribution < -0.4 is 15.4 Å². The van der Waals surface area contributed by atoms with Crippen molar-refractivity contribution in [1.82, 2.24) is 15.4 Å². The van der Waals surface area contributed by atoms with E-state index in [1.807, 2.05) is 20.8 Å². The molecular formula is C16H25N3O4S. The van der Waals surface area contributed by atoms with Gasteiger partial charge in [-0.05, 0) is 51.5 Å². The van der Waals surface area contributed by atoms with Crippen molar-refractivity contribution in [2.75, 3.05) is 6.54 Å². The second kappa shape index (κ2) is 8.79. The van der Waals surface area contributed by atoms with Gasteiger partial charge in [0.1, 0.15) is 0 Å². The van der Waals surface area contributed by atoms with Crippen LogP contribution in [0.1, 0.15) is 44.5 Å². The summed E-state index contributed by atoms with van der Waals surface area (Å²) in [6, 6.07) is 5.40. The number of sulfonamides is 1. The van der Waals surface area contributed by atoms with Gasteiger partial charge in [-0.3, -0.25) is 9.59 Å². The molecule has 0 aromatic heterocycles. The standard InChI is InChI=1S/C16H25N3O4S/c1-5-12(4)19-24(22,23)14-8-6-13(7-9-14)16(21)17-10-15(20)18-11(2)3/h6-9,11-12,19H,5,10H2,1-4H3,(H,17,21)(H,18,20)/t12-/m1/s1. The molecule has 8 heteroatoms. The van der Waals surface area contributed by atoms with Gasteiger partial charge in [0.25, 0.3) is 5.91 Å². The molecule has 0 radical (unpaired) electrons. The van der Waals surface area contributed by atoms with E-state index in [4.69, 9.17) is 0 Å². The first kappa shape index (κ1) is 20.1. The van der Waals surface area contributed by atoms with E-state index in [9.17, 15) is 18.0 Å². The molecule has 0 aliphatic rings. The fraction of sp³-hybridized carbons (Fsp3) is 0.500. The minimum absolute atomic E-state index is 0.00287. The van der Waals surface area contributed by atoms with E-state index in [1.54, 1.807) is 6.92 Å². The van der Waals surface area contributed by atoms with Gasteiger partial charge in [0.05, 0.1) is 11.4 Å². The number of carbonyl (C=O) groups is 2. The zero-order valence-electron chi connectivity index (χ0n) is 14.4. The molecule has 2 amide bonds. The SMILES string of the molecule is CC[C@@H](C)NS(=O)(=O)c1ccc(C(=O)NCC(=O)NC(C)C)cc1. The summed E-state index contributed by atoms with van der Waals surface area (Å²) >= 11 is 0. The Morgan fingerprint density at radius 3 is 2.17 bits per heavy atom. The Bertz CT molecular complexity index is 669. The Morgan fingerprint density at radius 1 is 1.08 bits per heavy atom. The van der Waals surface area contributed by atoms with E-state index in [0.29, 0.717) is 6.42 Å². The van der Waals surface area contributed by atoms with Crippen molar-refractivity contribution in [3.63, 3.8) is 0 Å². The van der Waals surface area contributed by atoms with Crippen molar-refractivity contribution in [2.24, 2.45) is 0 Å². The van der Waals surface area contributed by atoms with Gasteiger partial charge in [-0.2, -0.15) is 0 Å². The molecule has 0 aliphatic heterocycles. The van der Waals surface area contributed by atoms with Gasteiger partial charge in [-0.25, -0.2) is 13.1 Å². The summed E-state index contributed by atoms with van der Waals surface area (Å²) in [6.07, 6.45) is 0.679. The van der Waals surface area contributed by atoms with Crippen LogP contribution in [0.25, 0.3) is 0 Å². The maximum atomic E-state index is 12.1. The number of rotatable bonds is 8. The molecular weight excluding hydrogens is 330 g/mol. The molecule has 7 nitrogen and oxygen atoms in total. The predicted octanol–water partition coefficient (Wildman–Crippen LogP) is 1.02. The Balaban J connectivity index is 2.70. The van der Waals surface area contributed by atoms with Crippen LogP contribution in [-0.2, 0) is 14.8 Å². The smallest absolute Gasteiger partial charge is 0.251 e. The van der Waals surface area contributed by atoms with Crippen molar-refractivity contribution in [1.29, 1.82) is 0 Å². The molecule has 24 heavy (non-hydrogen) atoms. The van der Waals surface area contributed by atoms with Crippen LogP contribution in [0, 0.1) is 0 Å². The summed E-state index contributed by atoms with van der Waals surface area (Å²) in [5.41, 5.74) is 0.287. The van der Waals surface area contributed by atoms with Crippen molar-refractivity contribution in [2.45, 2.75) is 51.1 Å². The lowest BCUT2D eigenvalue weighted by atomic mass is 10.2. The first-order valence-electron chi connectivity index (χ1n) is 7.85. The summed E-state index contributed by atoms with van der Waals surface area (Å²) in [5.74, 6) is -0.719. The van der Waals surface area contributed by atoms with Gasteiger partial charge >= 0.3 is 0 Å². The van der Waals surface area contributed by atoms with Gasteiger partial charge in [-0.15, -0.1) is 0 Å². The summed E-state index contributed by atoms with van der Waals surface area (Å²) in [4.78, 5) is 23.6. The van der Waals surface area contributed by atoms with Crippen LogP contribution in [0.15, 0.2) is 29.2 Å². The van der Waals surface area contributed by atoms with Gasteiger partial charge < -0.3 is 10.6 Å². The number of hydrogen-bond donors (Lipinski definition) is 3. The molecule has 0 aliphatic carbocycles. The second-order valence-corrected chi connectivity index (χ2v) is 7.57. The summed E-state index contributed by atoms with van der Waals surface area (Å²) in [7, 11) is -3.60. The van der Waals surface area contributed by atoms with Gasteiger partial charge in [0, 0.05) is 17.6 Å². The molecule has 0 spiro atoms. The van der Waals surface area contributed by atoms with E-state index >= 15 is 0 Å². The number of hydrogen-bond acceptors (Lipinski definition) is 4. The monoisotopic (exact) mass is 355 g/mol. The quantitative estimate of drug-likeness (QED) is 0.647. The molecule has 1 aromatic carbocycles. The Hall–Kier alpha value is -1.93. The summed E-state index contributed by atoms with van der Waals surface area (Å²) in [6.45, 7) is 7.18. The van der Waals surface area contributed by atoms with E-state index in [-0.39, 0.29) is 35.0 Å². The Morgan fingerprint density at radius 2 is 1.67 bits per heavy atom. The van der Waals surface area contributed by atoms with E-state index in [0.717, 1.165) is 0 Å². The number of amides is 2. The third-order valence-electron chi connectivity index (χ3n) is 3.25. The van der Waals surface area contributed by atoms with Crippen molar-refractivity contribution >= 4 is 21.8 Å². The average Bonchev–Trinajstić information content (AvgIpc) is 2.51.